The summed E-state index contributed by atoms with van der Waals surface area (Å²) in [5.41, 5.74) is 3.44. The number of rotatable bonds is 5. The molecule has 0 fully saturated rings. The molecule has 130 valence electrons. The van der Waals surface area contributed by atoms with Gasteiger partial charge in [0.1, 0.15) is 11.6 Å². The first-order valence-electron chi connectivity index (χ1n) is 8.29. The molecular weight excluding hydrogens is 316 g/mol. The summed E-state index contributed by atoms with van der Waals surface area (Å²) in [6.45, 7) is 6.44. The molecule has 3 rings (SSSR count). The average molecular weight is 338 g/mol. The summed E-state index contributed by atoms with van der Waals surface area (Å²) >= 11 is 0. The van der Waals surface area contributed by atoms with Crippen molar-refractivity contribution in [1.82, 2.24) is 19.7 Å². The Labute approximate surface area is 146 Å². The first-order valence-corrected chi connectivity index (χ1v) is 8.29. The highest BCUT2D eigenvalue weighted by Crippen LogP contribution is 2.18. The summed E-state index contributed by atoms with van der Waals surface area (Å²) in [5, 5.41) is 7.22. The number of benzene rings is 1. The number of aryl methyl sites for hydroxylation is 2. The van der Waals surface area contributed by atoms with Gasteiger partial charge in [-0.05, 0) is 50.1 Å². The predicted octanol–water partition coefficient (Wildman–Crippen LogP) is 2.87. The lowest BCUT2D eigenvalue weighted by atomic mass is 10.1. The molecule has 2 heterocycles. The van der Waals surface area contributed by atoms with Crippen LogP contribution in [0.5, 0.6) is 5.75 Å². The zero-order valence-corrected chi connectivity index (χ0v) is 15.0. The molecule has 0 atom stereocenters. The smallest absolute Gasteiger partial charge is 0.262 e. The number of hydrogen-bond donors (Lipinski definition) is 1. The Balaban J connectivity index is 1.92. The van der Waals surface area contributed by atoms with E-state index in [1.54, 1.807) is 11.7 Å². The molecule has 1 N–H and O–H groups in total. The van der Waals surface area contributed by atoms with Gasteiger partial charge in [0.15, 0.2) is 5.82 Å². The molecule has 0 amide bonds. The number of nitrogens with zero attached hydrogens (tertiary/aromatic N) is 3. The minimum atomic E-state index is -0.0463. The van der Waals surface area contributed by atoms with Gasteiger partial charge >= 0.3 is 0 Å². The molecular formula is C19H22N4O2. The van der Waals surface area contributed by atoms with E-state index >= 15 is 0 Å². The van der Waals surface area contributed by atoms with Gasteiger partial charge in [0.05, 0.1) is 12.7 Å². The molecule has 0 aliphatic heterocycles. The first kappa shape index (κ1) is 17.0. The van der Waals surface area contributed by atoms with Crippen LogP contribution in [0, 0.1) is 13.8 Å². The Bertz CT molecular complexity index is 939. The van der Waals surface area contributed by atoms with Crippen molar-refractivity contribution in [3.8, 4) is 17.1 Å². The van der Waals surface area contributed by atoms with Crippen LogP contribution < -0.4 is 10.3 Å². The molecule has 0 radical (unpaired) electrons. The van der Waals surface area contributed by atoms with Crippen LogP contribution in [0.1, 0.15) is 29.6 Å². The van der Waals surface area contributed by atoms with Crippen molar-refractivity contribution in [3.05, 3.63) is 63.3 Å². The lowest BCUT2D eigenvalue weighted by molar-refractivity contribution is 0.414. The molecule has 0 aliphatic carbocycles. The second-order valence-corrected chi connectivity index (χ2v) is 6.02. The highest BCUT2D eigenvalue weighted by Gasteiger charge is 2.16. The number of H-pyrrole nitrogens is 1. The third-order valence-electron chi connectivity index (χ3n) is 4.31. The van der Waals surface area contributed by atoms with Crippen LogP contribution in [0.3, 0.4) is 0 Å². The normalized spacial score (nSPS) is 10.9. The van der Waals surface area contributed by atoms with Crippen molar-refractivity contribution in [2.45, 2.75) is 33.7 Å². The number of methoxy groups -OCH3 is 1. The molecule has 6 nitrogen and oxygen atoms in total. The molecule has 0 bridgehead atoms. The van der Waals surface area contributed by atoms with E-state index in [2.05, 4.69) is 15.2 Å². The Morgan fingerprint density at radius 2 is 1.92 bits per heavy atom. The average Bonchev–Trinajstić information content (AvgIpc) is 3.03. The molecule has 0 spiro atoms. The predicted molar refractivity (Wildman–Crippen MR) is 97.0 cm³/mol. The number of hydrogen-bond acceptors (Lipinski definition) is 4. The van der Waals surface area contributed by atoms with Crippen molar-refractivity contribution in [2.24, 2.45) is 0 Å². The maximum absolute atomic E-state index is 12.7. The fourth-order valence-corrected chi connectivity index (χ4v) is 3.02. The SMILES string of the molecule is CCn1c(C)cc(C)c(-c2n[nH]c(Cc3ccc(OC)cc3)n2)c1=O. The summed E-state index contributed by atoms with van der Waals surface area (Å²) in [6.07, 6.45) is 0.615. The van der Waals surface area contributed by atoms with Crippen LogP contribution in [0.25, 0.3) is 11.4 Å². The standard InChI is InChI=1S/C19H22N4O2/c1-5-23-13(3)10-12(2)17(19(23)24)18-20-16(21-22-18)11-14-6-8-15(25-4)9-7-14/h6-10H,5,11H2,1-4H3,(H,20,21,22). The zero-order valence-electron chi connectivity index (χ0n) is 15.0. The van der Waals surface area contributed by atoms with E-state index in [1.807, 2.05) is 51.1 Å². The molecule has 2 aromatic heterocycles. The van der Waals surface area contributed by atoms with E-state index in [0.717, 1.165) is 28.4 Å². The van der Waals surface area contributed by atoms with Gasteiger partial charge in [0, 0.05) is 18.7 Å². The van der Waals surface area contributed by atoms with Crippen molar-refractivity contribution >= 4 is 0 Å². The van der Waals surface area contributed by atoms with Gasteiger partial charge in [-0.1, -0.05) is 12.1 Å². The van der Waals surface area contributed by atoms with E-state index in [1.165, 1.54) is 0 Å². The number of pyridine rings is 1. The maximum atomic E-state index is 12.7. The van der Waals surface area contributed by atoms with Crippen LogP contribution in [-0.2, 0) is 13.0 Å². The second-order valence-electron chi connectivity index (χ2n) is 6.02. The van der Waals surface area contributed by atoms with Gasteiger partial charge < -0.3 is 9.30 Å². The maximum Gasteiger partial charge on any atom is 0.262 e. The van der Waals surface area contributed by atoms with E-state index in [9.17, 15) is 4.79 Å². The van der Waals surface area contributed by atoms with E-state index in [4.69, 9.17) is 4.74 Å². The monoisotopic (exact) mass is 338 g/mol. The molecule has 3 aromatic rings. The second kappa shape index (κ2) is 6.93. The Kier molecular flexibility index (Phi) is 4.70. The Morgan fingerprint density at radius 1 is 1.20 bits per heavy atom. The molecule has 1 aromatic carbocycles. The highest BCUT2D eigenvalue weighted by molar-refractivity contribution is 5.58. The largest absolute Gasteiger partial charge is 0.497 e. The number of aromatic nitrogens is 4. The van der Waals surface area contributed by atoms with Crippen molar-refractivity contribution in [2.75, 3.05) is 7.11 Å². The fourth-order valence-electron chi connectivity index (χ4n) is 3.02. The van der Waals surface area contributed by atoms with Crippen molar-refractivity contribution < 1.29 is 4.74 Å². The van der Waals surface area contributed by atoms with Gasteiger partial charge in [0.2, 0.25) is 0 Å². The molecule has 0 unspecified atom stereocenters. The summed E-state index contributed by atoms with van der Waals surface area (Å²) < 4.78 is 6.90. The number of aromatic amines is 1. The van der Waals surface area contributed by atoms with Gasteiger partial charge in [-0.15, -0.1) is 0 Å². The Hall–Kier alpha value is -2.89. The summed E-state index contributed by atoms with van der Waals surface area (Å²) in [6, 6.07) is 9.80. The van der Waals surface area contributed by atoms with Crippen LogP contribution >= 0.6 is 0 Å². The molecule has 0 saturated heterocycles. The topological polar surface area (TPSA) is 72.8 Å². The lowest BCUT2D eigenvalue weighted by Gasteiger charge is -2.10. The minimum Gasteiger partial charge on any atom is -0.497 e. The van der Waals surface area contributed by atoms with E-state index in [0.29, 0.717) is 24.4 Å². The first-order chi connectivity index (χ1) is 12.0. The third-order valence-corrected chi connectivity index (χ3v) is 4.31. The number of nitrogens with one attached hydrogen (secondary N) is 1. The number of ether oxygens (including phenoxy) is 1. The fraction of sp³-hybridized carbons (Fsp3) is 0.316. The van der Waals surface area contributed by atoms with Gasteiger partial charge in [-0.2, -0.15) is 5.10 Å². The molecule has 6 heteroatoms. The van der Waals surface area contributed by atoms with Gasteiger partial charge in [0.25, 0.3) is 5.56 Å². The van der Waals surface area contributed by atoms with Crippen LogP contribution in [0.15, 0.2) is 35.1 Å². The quantitative estimate of drug-likeness (QED) is 0.776. The highest BCUT2D eigenvalue weighted by atomic mass is 16.5. The third kappa shape index (κ3) is 3.33. The van der Waals surface area contributed by atoms with Crippen LogP contribution in [-0.4, -0.2) is 26.9 Å². The van der Waals surface area contributed by atoms with Gasteiger partial charge in [-0.3, -0.25) is 9.89 Å². The Morgan fingerprint density at radius 3 is 2.56 bits per heavy atom. The molecule has 0 saturated carbocycles. The minimum absolute atomic E-state index is 0.0463. The van der Waals surface area contributed by atoms with E-state index in [-0.39, 0.29) is 5.56 Å². The molecule has 25 heavy (non-hydrogen) atoms. The van der Waals surface area contributed by atoms with Crippen molar-refractivity contribution in [3.63, 3.8) is 0 Å². The van der Waals surface area contributed by atoms with Crippen LogP contribution in [0.2, 0.25) is 0 Å². The zero-order chi connectivity index (χ0) is 18.0. The van der Waals surface area contributed by atoms with Crippen molar-refractivity contribution in [1.29, 1.82) is 0 Å². The summed E-state index contributed by atoms with van der Waals surface area (Å²) in [7, 11) is 1.64. The van der Waals surface area contributed by atoms with E-state index < -0.39 is 0 Å². The van der Waals surface area contributed by atoms with Gasteiger partial charge in [-0.25, -0.2) is 4.98 Å². The summed E-state index contributed by atoms with van der Waals surface area (Å²) in [4.78, 5) is 17.3. The van der Waals surface area contributed by atoms with Crippen LogP contribution in [0.4, 0.5) is 0 Å². The molecule has 0 aliphatic rings. The lowest BCUT2D eigenvalue weighted by Crippen LogP contribution is -2.24. The summed E-state index contributed by atoms with van der Waals surface area (Å²) in [5.74, 6) is 1.99.